The van der Waals surface area contributed by atoms with Gasteiger partial charge in [-0.15, -0.1) is 0 Å². The molecule has 0 atom stereocenters. The van der Waals surface area contributed by atoms with Crippen molar-refractivity contribution >= 4 is 9.84 Å². The molecule has 14 heavy (non-hydrogen) atoms. The number of pyridine rings is 1. The van der Waals surface area contributed by atoms with Crippen molar-refractivity contribution in [2.75, 3.05) is 11.5 Å². The van der Waals surface area contributed by atoms with Crippen molar-refractivity contribution in [3.63, 3.8) is 0 Å². The van der Waals surface area contributed by atoms with E-state index in [1.54, 1.807) is 12.4 Å². The minimum atomic E-state index is -2.74. The zero-order chi connectivity index (χ0) is 10.0. The van der Waals surface area contributed by atoms with Crippen molar-refractivity contribution in [1.82, 2.24) is 4.98 Å². The minimum Gasteiger partial charge on any atom is -0.265 e. The molecule has 76 valence electrons. The SMILES string of the molecule is O=S1(=O)CCC(c2ccncc2)CC1. The van der Waals surface area contributed by atoms with Gasteiger partial charge in [-0.05, 0) is 36.5 Å². The monoisotopic (exact) mass is 211 g/mol. The van der Waals surface area contributed by atoms with Gasteiger partial charge in [-0.3, -0.25) is 4.98 Å². The van der Waals surface area contributed by atoms with Crippen LogP contribution in [0.4, 0.5) is 0 Å². The Morgan fingerprint density at radius 2 is 1.71 bits per heavy atom. The van der Waals surface area contributed by atoms with Crippen molar-refractivity contribution in [3.8, 4) is 0 Å². The predicted octanol–water partition coefficient (Wildman–Crippen LogP) is 1.37. The molecule has 0 N–H and O–H groups in total. The molecule has 1 aliphatic rings. The number of aromatic nitrogens is 1. The summed E-state index contributed by atoms with van der Waals surface area (Å²) >= 11 is 0. The number of hydrogen-bond acceptors (Lipinski definition) is 3. The number of sulfone groups is 1. The average Bonchev–Trinajstić information content (AvgIpc) is 2.19. The second-order valence-corrected chi connectivity index (χ2v) is 6.01. The van der Waals surface area contributed by atoms with Crippen LogP contribution in [-0.2, 0) is 9.84 Å². The summed E-state index contributed by atoms with van der Waals surface area (Å²) in [6.07, 6.45) is 5.04. The molecule has 2 rings (SSSR count). The van der Waals surface area contributed by atoms with Crippen LogP contribution in [0.25, 0.3) is 0 Å². The molecule has 1 saturated heterocycles. The molecule has 1 aliphatic heterocycles. The third-order valence-electron chi connectivity index (χ3n) is 2.73. The lowest BCUT2D eigenvalue weighted by Gasteiger charge is -2.21. The molecule has 0 bridgehead atoms. The fourth-order valence-electron chi connectivity index (χ4n) is 1.86. The predicted molar refractivity (Wildman–Crippen MR) is 54.9 cm³/mol. The van der Waals surface area contributed by atoms with E-state index in [1.165, 1.54) is 5.56 Å². The van der Waals surface area contributed by atoms with Gasteiger partial charge in [0.15, 0.2) is 0 Å². The van der Waals surface area contributed by atoms with E-state index in [9.17, 15) is 8.42 Å². The van der Waals surface area contributed by atoms with Gasteiger partial charge < -0.3 is 0 Å². The van der Waals surface area contributed by atoms with E-state index >= 15 is 0 Å². The van der Waals surface area contributed by atoms with Crippen LogP contribution >= 0.6 is 0 Å². The Kier molecular flexibility index (Phi) is 2.54. The largest absolute Gasteiger partial charge is 0.265 e. The van der Waals surface area contributed by atoms with Crippen molar-refractivity contribution in [2.45, 2.75) is 18.8 Å². The van der Waals surface area contributed by atoms with Gasteiger partial charge in [-0.2, -0.15) is 0 Å². The van der Waals surface area contributed by atoms with Crippen LogP contribution in [0.15, 0.2) is 24.5 Å². The fraction of sp³-hybridized carbons (Fsp3) is 0.500. The molecule has 1 aromatic rings. The van der Waals surface area contributed by atoms with Crippen molar-refractivity contribution in [2.24, 2.45) is 0 Å². The lowest BCUT2D eigenvalue weighted by molar-refractivity contribution is 0.550. The number of nitrogens with zero attached hydrogens (tertiary/aromatic N) is 1. The Balaban J connectivity index is 2.10. The summed E-state index contributed by atoms with van der Waals surface area (Å²) in [5.74, 6) is 1.07. The Hall–Kier alpha value is -0.900. The molecule has 0 aromatic carbocycles. The van der Waals surface area contributed by atoms with E-state index in [-0.39, 0.29) is 0 Å². The summed E-state index contributed by atoms with van der Waals surface area (Å²) in [6, 6.07) is 3.95. The summed E-state index contributed by atoms with van der Waals surface area (Å²) < 4.78 is 22.4. The lowest BCUT2D eigenvalue weighted by atomic mass is 9.95. The van der Waals surface area contributed by atoms with Crippen LogP contribution in [0, 0.1) is 0 Å². The van der Waals surface area contributed by atoms with E-state index in [2.05, 4.69) is 4.98 Å². The molecule has 1 aromatic heterocycles. The van der Waals surface area contributed by atoms with E-state index < -0.39 is 9.84 Å². The molecule has 0 radical (unpaired) electrons. The second kappa shape index (κ2) is 3.69. The first kappa shape index (κ1) is 9.65. The highest BCUT2D eigenvalue weighted by Gasteiger charge is 2.24. The molecule has 2 heterocycles. The van der Waals surface area contributed by atoms with Crippen LogP contribution in [0.3, 0.4) is 0 Å². The summed E-state index contributed by atoms with van der Waals surface area (Å²) in [5, 5.41) is 0. The first-order chi connectivity index (χ1) is 6.67. The Bertz CT molecular complexity index is 385. The van der Waals surface area contributed by atoms with Gasteiger partial charge in [0.25, 0.3) is 0 Å². The van der Waals surface area contributed by atoms with Crippen LogP contribution < -0.4 is 0 Å². The molecule has 3 nitrogen and oxygen atoms in total. The van der Waals surface area contributed by atoms with Gasteiger partial charge in [-0.25, -0.2) is 8.42 Å². The molecule has 0 saturated carbocycles. The summed E-state index contributed by atoms with van der Waals surface area (Å²) in [6.45, 7) is 0. The van der Waals surface area contributed by atoms with E-state index in [1.807, 2.05) is 12.1 Å². The maximum atomic E-state index is 11.2. The fourth-order valence-corrected chi connectivity index (χ4v) is 3.35. The zero-order valence-corrected chi connectivity index (χ0v) is 8.70. The summed E-state index contributed by atoms with van der Waals surface area (Å²) in [5.41, 5.74) is 1.22. The highest BCUT2D eigenvalue weighted by molar-refractivity contribution is 7.91. The molecule has 0 unspecified atom stereocenters. The van der Waals surface area contributed by atoms with E-state index in [0.29, 0.717) is 17.4 Å². The quantitative estimate of drug-likeness (QED) is 0.705. The highest BCUT2D eigenvalue weighted by Crippen LogP contribution is 2.28. The third kappa shape index (κ3) is 2.12. The minimum absolute atomic E-state index is 0.333. The maximum absolute atomic E-state index is 11.2. The standard InChI is InChI=1S/C10H13NO2S/c12-14(13)7-3-10(4-8-14)9-1-5-11-6-2-9/h1-2,5-6,10H,3-4,7-8H2. The van der Waals surface area contributed by atoms with Gasteiger partial charge in [0.2, 0.25) is 0 Å². The molecule has 0 spiro atoms. The van der Waals surface area contributed by atoms with E-state index in [0.717, 1.165) is 12.8 Å². The third-order valence-corrected chi connectivity index (χ3v) is 4.45. The maximum Gasteiger partial charge on any atom is 0.150 e. The van der Waals surface area contributed by atoms with Crippen LogP contribution in [0.5, 0.6) is 0 Å². The average molecular weight is 211 g/mol. The number of rotatable bonds is 1. The smallest absolute Gasteiger partial charge is 0.150 e. The molecule has 4 heteroatoms. The molecule has 0 amide bonds. The Morgan fingerprint density at radius 3 is 2.29 bits per heavy atom. The summed E-state index contributed by atoms with van der Waals surface area (Å²) in [4.78, 5) is 3.95. The van der Waals surface area contributed by atoms with Gasteiger partial charge in [-0.1, -0.05) is 0 Å². The highest BCUT2D eigenvalue weighted by atomic mass is 32.2. The Morgan fingerprint density at radius 1 is 1.14 bits per heavy atom. The van der Waals surface area contributed by atoms with Gasteiger partial charge in [0, 0.05) is 12.4 Å². The molecule has 0 aliphatic carbocycles. The molecular weight excluding hydrogens is 198 g/mol. The first-order valence-corrected chi connectivity index (χ1v) is 6.60. The zero-order valence-electron chi connectivity index (χ0n) is 7.89. The van der Waals surface area contributed by atoms with E-state index in [4.69, 9.17) is 0 Å². The molecule has 1 fully saturated rings. The van der Waals surface area contributed by atoms with Gasteiger partial charge >= 0.3 is 0 Å². The van der Waals surface area contributed by atoms with Crippen LogP contribution in [-0.4, -0.2) is 24.9 Å². The number of hydrogen-bond donors (Lipinski definition) is 0. The summed E-state index contributed by atoms with van der Waals surface area (Å²) in [7, 11) is -2.74. The Labute approximate surface area is 84.1 Å². The topological polar surface area (TPSA) is 47.0 Å². The second-order valence-electron chi connectivity index (χ2n) is 3.71. The van der Waals surface area contributed by atoms with Gasteiger partial charge in [0.05, 0.1) is 11.5 Å². The van der Waals surface area contributed by atoms with Crippen molar-refractivity contribution < 1.29 is 8.42 Å². The normalized spacial score (nSPS) is 22.0. The van der Waals surface area contributed by atoms with Crippen LogP contribution in [0.2, 0.25) is 0 Å². The lowest BCUT2D eigenvalue weighted by Crippen LogP contribution is -2.22. The van der Waals surface area contributed by atoms with Gasteiger partial charge in [0.1, 0.15) is 9.84 Å². The van der Waals surface area contributed by atoms with Crippen LogP contribution in [0.1, 0.15) is 24.3 Å². The van der Waals surface area contributed by atoms with Crippen molar-refractivity contribution in [3.05, 3.63) is 30.1 Å². The first-order valence-electron chi connectivity index (χ1n) is 4.78. The van der Waals surface area contributed by atoms with Crippen molar-refractivity contribution in [1.29, 1.82) is 0 Å². The molecular formula is C10H13NO2S.